The van der Waals surface area contributed by atoms with Gasteiger partial charge < -0.3 is 5.11 Å². The molecule has 0 fully saturated rings. The van der Waals surface area contributed by atoms with E-state index in [9.17, 15) is 4.79 Å². The van der Waals surface area contributed by atoms with Crippen molar-refractivity contribution in [2.75, 3.05) is 0 Å². The smallest absolute Gasteiger partial charge is 0.158 e. The third-order valence-corrected chi connectivity index (χ3v) is 1.73. The zero-order valence-corrected chi connectivity index (χ0v) is 7.63. The van der Waals surface area contributed by atoms with E-state index < -0.39 is 6.10 Å². The van der Waals surface area contributed by atoms with Crippen LogP contribution in [-0.2, 0) is 4.79 Å². The molecule has 0 radical (unpaired) electrons. The van der Waals surface area contributed by atoms with E-state index in [2.05, 4.69) is 13.8 Å². The van der Waals surface area contributed by atoms with Crippen LogP contribution in [0.5, 0.6) is 0 Å². The zero-order valence-electron chi connectivity index (χ0n) is 7.63. The number of aliphatic hydroxyl groups is 1. The Kier molecular flexibility index (Phi) is 5.12. The van der Waals surface area contributed by atoms with Gasteiger partial charge in [0.05, 0.1) is 0 Å². The third kappa shape index (κ3) is 6.05. The fourth-order valence-electron chi connectivity index (χ4n) is 0.923. The molecule has 66 valence electrons. The van der Waals surface area contributed by atoms with Gasteiger partial charge in [0.1, 0.15) is 6.10 Å². The molecule has 1 unspecified atom stereocenters. The van der Waals surface area contributed by atoms with Gasteiger partial charge in [-0.2, -0.15) is 0 Å². The Bertz CT molecular complexity index is 119. The van der Waals surface area contributed by atoms with Gasteiger partial charge in [-0.3, -0.25) is 4.79 Å². The van der Waals surface area contributed by atoms with Crippen molar-refractivity contribution in [1.82, 2.24) is 0 Å². The first-order valence-corrected chi connectivity index (χ1v) is 4.22. The second kappa shape index (κ2) is 5.30. The van der Waals surface area contributed by atoms with Gasteiger partial charge in [0, 0.05) is 0 Å². The number of Topliss-reactive ketones (excluding diaryl/α,β-unsaturated/α-hetero) is 1. The highest BCUT2D eigenvalue weighted by atomic mass is 16.3. The number of carbonyl (C=O) groups is 1. The Labute approximate surface area is 68.6 Å². The summed E-state index contributed by atoms with van der Waals surface area (Å²) in [5.41, 5.74) is 0. The summed E-state index contributed by atoms with van der Waals surface area (Å²) in [6.45, 7) is 5.71. The molecule has 2 nitrogen and oxygen atoms in total. The lowest BCUT2D eigenvalue weighted by Gasteiger charge is -2.07. The van der Waals surface area contributed by atoms with Gasteiger partial charge in [0.2, 0.25) is 0 Å². The van der Waals surface area contributed by atoms with Crippen LogP contribution in [0.4, 0.5) is 0 Å². The first-order chi connectivity index (χ1) is 5.04. The van der Waals surface area contributed by atoms with Crippen molar-refractivity contribution in [3.8, 4) is 0 Å². The molecule has 0 aromatic rings. The van der Waals surface area contributed by atoms with E-state index in [0.29, 0.717) is 12.3 Å². The van der Waals surface area contributed by atoms with Gasteiger partial charge in [0.25, 0.3) is 0 Å². The average Bonchev–Trinajstić information content (AvgIpc) is 1.86. The summed E-state index contributed by atoms with van der Waals surface area (Å²) in [7, 11) is 0. The molecular formula is C9H18O2. The maximum atomic E-state index is 10.6. The van der Waals surface area contributed by atoms with Gasteiger partial charge in [-0.15, -0.1) is 0 Å². The van der Waals surface area contributed by atoms with Gasteiger partial charge >= 0.3 is 0 Å². The SMILES string of the molecule is CC(=O)C(O)CCCC(C)C. The molecule has 0 heterocycles. The van der Waals surface area contributed by atoms with E-state index in [1.165, 1.54) is 6.92 Å². The number of hydrogen-bond donors (Lipinski definition) is 1. The summed E-state index contributed by atoms with van der Waals surface area (Å²) < 4.78 is 0. The van der Waals surface area contributed by atoms with Gasteiger partial charge in [-0.1, -0.05) is 26.7 Å². The second-order valence-electron chi connectivity index (χ2n) is 3.45. The van der Waals surface area contributed by atoms with Crippen molar-refractivity contribution >= 4 is 5.78 Å². The molecule has 0 spiro atoms. The molecule has 0 aliphatic carbocycles. The Morgan fingerprint density at radius 2 is 1.91 bits per heavy atom. The van der Waals surface area contributed by atoms with E-state index in [1.54, 1.807) is 0 Å². The number of rotatable bonds is 5. The van der Waals surface area contributed by atoms with Crippen LogP contribution in [0.2, 0.25) is 0 Å². The molecule has 0 aromatic heterocycles. The summed E-state index contributed by atoms with van der Waals surface area (Å²) in [6, 6.07) is 0. The largest absolute Gasteiger partial charge is 0.385 e. The van der Waals surface area contributed by atoms with E-state index in [4.69, 9.17) is 5.11 Å². The minimum Gasteiger partial charge on any atom is -0.385 e. The monoisotopic (exact) mass is 158 g/mol. The summed E-state index contributed by atoms with van der Waals surface area (Å²) >= 11 is 0. The molecule has 0 saturated heterocycles. The average molecular weight is 158 g/mol. The Hall–Kier alpha value is -0.370. The van der Waals surface area contributed by atoms with Crippen LogP contribution < -0.4 is 0 Å². The fourth-order valence-corrected chi connectivity index (χ4v) is 0.923. The van der Waals surface area contributed by atoms with Crippen molar-refractivity contribution in [3.05, 3.63) is 0 Å². The highest BCUT2D eigenvalue weighted by molar-refractivity contribution is 5.79. The number of ketones is 1. The number of aliphatic hydroxyl groups excluding tert-OH is 1. The maximum absolute atomic E-state index is 10.6. The predicted molar refractivity (Wildman–Crippen MR) is 45.4 cm³/mol. The molecule has 0 aliphatic rings. The lowest BCUT2D eigenvalue weighted by Crippen LogP contribution is -2.16. The molecule has 11 heavy (non-hydrogen) atoms. The summed E-state index contributed by atoms with van der Waals surface area (Å²) in [6.07, 6.45) is 1.92. The molecule has 0 rings (SSSR count). The second-order valence-corrected chi connectivity index (χ2v) is 3.45. The predicted octanol–water partition coefficient (Wildman–Crippen LogP) is 1.76. The first-order valence-electron chi connectivity index (χ1n) is 4.22. The van der Waals surface area contributed by atoms with E-state index >= 15 is 0 Å². The standard InChI is InChI=1S/C9H18O2/c1-7(2)5-4-6-9(11)8(3)10/h7,9,11H,4-6H2,1-3H3. The van der Waals surface area contributed by atoms with Gasteiger partial charge in [-0.25, -0.2) is 0 Å². The molecule has 0 amide bonds. The van der Waals surface area contributed by atoms with Crippen molar-refractivity contribution in [2.24, 2.45) is 5.92 Å². The molecule has 0 aliphatic heterocycles. The third-order valence-electron chi connectivity index (χ3n) is 1.73. The molecule has 1 atom stereocenters. The van der Waals surface area contributed by atoms with Gasteiger partial charge in [0.15, 0.2) is 5.78 Å². The van der Waals surface area contributed by atoms with Crippen LogP contribution >= 0.6 is 0 Å². The lowest BCUT2D eigenvalue weighted by molar-refractivity contribution is -0.125. The van der Waals surface area contributed by atoms with Crippen LogP contribution in [0.3, 0.4) is 0 Å². The minimum absolute atomic E-state index is 0.117. The van der Waals surface area contributed by atoms with Gasteiger partial charge in [-0.05, 0) is 19.3 Å². The maximum Gasteiger partial charge on any atom is 0.158 e. The fraction of sp³-hybridized carbons (Fsp3) is 0.889. The summed E-state index contributed by atoms with van der Waals surface area (Å²) in [4.78, 5) is 10.6. The van der Waals surface area contributed by atoms with Crippen LogP contribution in [-0.4, -0.2) is 17.0 Å². The Balaban J connectivity index is 3.31. The lowest BCUT2D eigenvalue weighted by atomic mass is 10.0. The Morgan fingerprint density at radius 1 is 1.36 bits per heavy atom. The molecule has 2 heteroatoms. The zero-order chi connectivity index (χ0) is 8.85. The first kappa shape index (κ1) is 10.6. The molecule has 1 N–H and O–H groups in total. The minimum atomic E-state index is -0.728. The van der Waals surface area contributed by atoms with Crippen molar-refractivity contribution in [3.63, 3.8) is 0 Å². The normalized spacial score (nSPS) is 13.5. The topological polar surface area (TPSA) is 37.3 Å². The van der Waals surface area contributed by atoms with Crippen LogP contribution in [0.25, 0.3) is 0 Å². The number of hydrogen-bond acceptors (Lipinski definition) is 2. The van der Waals surface area contributed by atoms with E-state index in [1.807, 2.05) is 0 Å². The molecule has 0 bridgehead atoms. The van der Waals surface area contributed by atoms with Crippen LogP contribution in [0.1, 0.15) is 40.0 Å². The quantitative estimate of drug-likeness (QED) is 0.662. The van der Waals surface area contributed by atoms with Crippen molar-refractivity contribution in [2.45, 2.75) is 46.1 Å². The summed E-state index contributed by atoms with van der Waals surface area (Å²) in [5.74, 6) is 0.544. The van der Waals surface area contributed by atoms with E-state index in [-0.39, 0.29) is 5.78 Å². The van der Waals surface area contributed by atoms with E-state index in [0.717, 1.165) is 12.8 Å². The van der Waals surface area contributed by atoms with Crippen molar-refractivity contribution in [1.29, 1.82) is 0 Å². The highest BCUT2D eigenvalue weighted by Crippen LogP contribution is 2.08. The molecule has 0 aromatic carbocycles. The molecular weight excluding hydrogens is 140 g/mol. The Morgan fingerprint density at radius 3 is 2.27 bits per heavy atom. The molecule has 0 saturated carbocycles. The summed E-state index contributed by atoms with van der Waals surface area (Å²) in [5, 5.41) is 9.09. The van der Waals surface area contributed by atoms with Crippen molar-refractivity contribution < 1.29 is 9.90 Å². The highest BCUT2D eigenvalue weighted by Gasteiger charge is 2.08. The van der Waals surface area contributed by atoms with Crippen LogP contribution in [0, 0.1) is 5.92 Å². The number of carbonyl (C=O) groups excluding carboxylic acids is 1. The van der Waals surface area contributed by atoms with Crippen LogP contribution in [0.15, 0.2) is 0 Å².